The smallest absolute Gasteiger partial charge is 0.222 e. The van der Waals surface area contributed by atoms with Gasteiger partial charge in [0, 0.05) is 24.5 Å². The van der Waals surface area contributed by atoms with Crippen molar-refractivity contribution >= 4 is 22.2 Å². The van der Waals surface area contributed by atoms with E-state index in [9.17, 15) is 4.79 Å². The quantitative estimate of drug-likeness (QED) is 0.816. The minimum Gasteiger partial charge on any atom is -0.340 e. The highest BCUT2D eigenvalue weighted by Gasteiger charge is 2.19. The molecule has 0 unspecified atom stereocenters. The third kappa shape index (κ3) is 3.77. The molecule has 23 heavy (non-hydrogen) atoms. The van der Waals surface area contributed by atoms with Crippen molar-refractivity contribution in [3.63, 3.8) is 0 Å². The van der Waals surface area contributed by atoms with Crippen molar-refractivity contribution in [3.8, 4) is 0 Å². The number of carbonyl (C=O) groups excluding carboxylic acids is 1. The lowest BCUT2D eigenvalue weighted by atomic mass is 9.86. The highest BCUT2D eigenvalue weighted by atomic mass is 32.1. The van der Waals surface area contributed by atoms with Crippen molar-refractivity contribution in [2.24, 2.45) is 5.92 Å². The highest BCUT2D eigenvalue weighted by molar-refractivity contribution is 7.17. The fourth-order valence-corrected chi connectivity index (χ4v) is 4.50. The number of nitrogens with zero attached hydrogens (tertiary/aromatic N) is 3. The van der Waals surface area contributed by atoms with Crippen molar-refractivity contribution < 1.29 is 4.79 Å². The molecule has 0 aliphatic heterocycles. The Hall–Kier alpha value is -1.36. The van der Waals surface area contributed by atoms with E-state index in [4.69, 9.17) is 0 Å². The van der Waals surface area contributed by atoms with Crippen LogP contribution in [0.5, 0.6) is 0 Å². The van der Waals surface area contributed by atoms with E-state index >= 15 is 0 Å². The Kier molecular flexibility index (Phi) is 5.05. The van der Waals surface area contributed by atoms with Gasteiger partial charge in [-0.2, -0.15) is 0 Å². The Morgan fingerprint density at radius 2 is 2.09 bits per heavy atom. The van der Waals surface area contributed by atoms with Crippen LogP contribution >= 0.6 is 11.3 Å². The number of imidazole rings is 1. The average Bonchev–Trinajstić information content (AvgIpc) is 3.02. The van der Waals surface area contributed by atoms with Crippen LogP contribution in [0.1, 0.15) is 61.2 Å². The maximum atomic E-state index is 12.5. The molecular formula is C18H27N3OS. The van der Waals surface area contributed by atoms with Crippen LogP contribution in [0.2, 0.25) is 0 Å². The third-order valence-electron chi connectivity index (χ3n) is 5.04. The van der Waals surface area contributed by atoms with Gasteiger partial charge in [-0.15, -0.1) is 11.3 Å². The van der Waals surface area contributed by atoms with Crippen molar-refractivity contribution in [3.05, 3.63) is 22.5 Å². The zero-order valence-corrected chi connectivity index (χ0v) is 15.3. The summed E-state index contributed by atoms with van der Waals surface area (Å²) in [6.07, 6.45) is 10.6. The van der Waals surface area contributed by atoms with Crippen molar-refractivity contribution in [1.29, 1.82) is 0 Å². The number of carbonyl (C=O) groups is 1. The molecule has 2 aromatic rings. The van der Waals surface area contributed by atoms with E-state index < -0.39 is 0 Å². The lowest BCUT2D eigenvalue weighted by Gasteiger charge is -2.23. The number of fused-ring (bicyclic) bond motifs is 1. The van der Waals surface area contributed by atoms with Gasteiger partial charge >= 0.3 is 0 Å². The van der Waals surface area contributed by atoms with E-state index in [1.807, 2.05) is 18.9 Å². The van der Waals surface area contributed by atoms with E-state index in [-0.39, 0.29) is 5.91 Å². The molecule has 1 aliphatic carbocycles. The molecule has 0 N–H and O–H groups in total. The second-order valence-corrected chi connectivity index (χ2v) is 8.14. The predicted molar refractivity (Wildman–Crippen MR) is 94.8 cm³/mol. The lowest BCUT2D eigenvalue weighted by Crippen LogP contribution is -2.27. The van der Waals surface area contributed by atoms with Crippen LogP contribution in [0.15, 0.2) is 6.20 Å². The van der Waals surface area contributed by atoms with Gasteiger partial charge in [-0.25, -0.2) is 4.98 Å². The molecule has 2 aromatic heterocycles. The Morgan fingerprint density at radius 3 is 2.83 bits per heavy atom. The van der Waals surface area contributed by atoms with Crippen molar-refractivity contribution in [1.82, 2.24) is 14.3 Å². The third-order valence-corrected chi connectivity index (χ3v) is 5.94. The molecule has 1 fully saturated rings. The summed E-state index contributed by atoms with van der Waals surface area (Å²) in [7, 11) is 1.92. The molecule has 5 heteroatoms. The Morgan fingerprint density at radius 1 is 1.35 bits per heavy atom. The number of hydrogen-bond acceptors (Lipinski definition) is 3. The largest absolute Gasteiger partial charge is 0.340 e. The molecule has 1 saturated carbocycles. The fourth-order valence-electron chi connectivity index (χ4n) is 3.61. The van der Waals surface area contributed by atoms with Crippen LogP contribution in [0.25, 0.3) is 4.96 Å². The molecular weight excluding hydrogens is 306 g/mol. The molecule has 3 rings (SSSR count). The lowest BCUT2D eigenvalue weighted by molar-refractivity contribution is -0.130. The van der Waals surface area contributed by atoms with Crippen molar-refractivity contribution in [2.75, 3.05) is 7.05 Å². The molecule has 0 spiro atoms. The summed E-state index contributed by atoms with van der Waals surface area (Å²) in [5.74, 6) is 1.03. The number of rotatable bonds is 5. The molecule has 1 amide bonds. The van der Waals surface area contributed by atoms with Crippen LogP contribution in [-0.2, 0) is 11.3 Å². The first kappa shape index (κ1) is 16.5. The van der Waals surface area contributed by atoms with Gasteiger partial charge < -0.3 is 4.90 Å². The summed E-state index contributed by atoms with van der Waals surface area (Å²) in [5.41, 5.74) is 2.17. The topological polar surface area (TPSA) is 37.6 Å². The van der Waals surface area contributed by atoms with Gasteiger partial charge in [0.1, 0.15) is 0 Å². The molecule has 0 saturated heterocycles. The summed E-state index contributed by atoms with van der Waals surface area (Å²) >= 11 is 1.70. The van der Waals surface area contributed by atoms with E-state index in [2.05, 4.69) is 22.5 Å². The van der Waals surface area contributed by atoms with Gasteiger partial charge in [-0.05, 0) is 26.2 Å². The predicted octanol–water partition coefficient (Wildman–Crippen LogP) is 4.33. The summed E-state index contributed by atoms with van der Waals surface area (Å²) in [4.78, 5) is 21.2. The molecule has 126 valence electrons. The molecule has 2 heterocycles. The summed E-state index contributed by atoms with van der Waals surface area (Å²) in [6, 6.07) is 0. The minimum atomic E-state index is 0.261. The summed E-state index contributed by atoms with van der Waals surface area (Å²) in [6.45, 7) is 4.77. The Bertz CT molecular complexity index is 682. The molecule has 4 nitrogen and oxygen atoms in total. The van der Waals surface area contributed by atoms with Gasteiger partial charge in [-0.1, -0.05) is 32.1 Å². The number of thiazole rings is 1. The van der Waals surface area contributed by atoms with E-state index in [0.29, 0.717) is 13.0 Å². The minimum absolute atomic E-state index is 0.261. The standard InChI is InChI=1S/C18H27N3OS/c1-13-11-21-16(14(2)19-18(21)23-13)12-20(3)17(22)10-9-15-7-5-4-6-8-15/h11,15H,4-10,12H2,1-3H3. The maximum Gasteiger partial charge on any atom is 0.222 e. The van der Waals surface area contributed by atoms with E-state index in [1.54, 1.807) is 11.3 Å². The van der Waals surface area contributed by atoms with Crippen LogP contribution in [0.3, 0.4) is 0 Å². The Labute approximate surface area is 142 Å². The van der Waals surface area contributed by atoms with Gasteiger partial charge in [0.25, 0.3) is 0 Å². The zero-order chi connectivity index (χ0) is 16.4. The van der Waals surface area contributed by atoms with Crippen LogP contribution in [0.4, 0.5) is 0 Å². The highest BCUT2D eigenvalue weighted by Crippen LogP contribution is 2.27. The van der Waals surface area contributed by atoms with Crippen LogP contribution < -0.4 is 0 Å². The normalized spacial score (nSPS) is 16.1. The maximum absolute atomic E-state index is 12.5. The molecule has 0 aromatic carbocycles. The van der Waals surface area contributed by atoms with Gasteiger partial charge in [0.2, 0.25) is 5.91 Å². The number of aromatic nitrogens is 2. The summed E-state index contributed by atoms with van der Waals surface area (Å²) in [5, 5.41) is 0. The Balaban J connectivity index is 1.59. The van der Waals surface area contributed by atoms with Gasteiger partial charge in [0.05, 0.1) is 17.9 Å². The molecule has 0 bridgehead atoms. The second kappa shape index (κ2) is 7.04. The molecule has 0 radical (unpaired) electrons. The summed E-state index contributed by atoms with van der Waals surface area (Å²) < 4.78 is 2.14. The number of aryl methyl sites for hydroxylation is 2. The first-order valence-electron chi connectivity index (χ1n) is 8.72. The van der Waals surface area contributed by atoms with Crippen LogP contribution in [0, 0.1) is 19.8 Å². The van der Waals surface area contributed by atoms with Crippen molar-refractivity contribution in [2.45, 2.75) is 65.3 Å². The van der Waals surface area contributed by atoms with Gasteiger partial charge in [-0.3, -0.25) is 9.20 Å². The number of amides is 1. The average molecular weight is 334 g/mol. The van der Waals surface area contributed by atoms with Gasteiger partial charge in [0.15, 0.2) is 4.96 Å². The second-order valence-electron chi connectivity index (χ2n) is 6.93. The first-order chi connectivity index (χ1) is 11.0. The fraction of sp³-hybridized carbons (Fsp3) is 0.667. The van der Waals surface area contributed by atoms with E-state index in [1.165, 1.54) is 37.0 Å². The zero-order valence-electron chi connectivity index (χ0n) is 14.5. The monoisotopic (exact) mass is 333 g/mol. The number of hydrogen-bond donors (Lipinski definition) is 0. The first-order valence-corrected chi connectivity index (χ1v) is 9.54. The molecule has 0 atom stereocenters. The van der Waals surface area contributed by atoms with Crippen LogP contribution in [-0.4, -0.2) is 27.2 Å². The molecule has 1 aliphatic rings. The SMILES string of the molecule is Cc1cn2c(CN(C)C(=O)CCC3CCCCC3)c(C)nc2s1. The van der Waals surface area contributed by atoms with E-state index in [0.717, 1.165) is 28.7 Å².